The molecule has 1 heterocycles. The Hall–Kier alpha value is -1.75. The standard InChI is InChI=1S/C13H14BrN3O/c1-3-7-17-8-6-15-13(17)16-11-9-10(14)4-5-12(11)18-2/h3-6,8-9H,1,7H2,2H3,(H,15,16). The summed E-state index contributed by atoms with van der Waals surface area (Å²) in [7, 11) is 1.64. The predicted octanol–water partition coefficient (Wildman–Crippen LogP) is 3.58. The van der Waals surface area contributed by atoms with Gasteiger partial charge in [0.05, 0.1) is 12.8 Å². The van der Waals surface area contributed by atoms with Gasteiger partial charge in [0.1, 0.15) is 5.75 Å². The molecule has 18 heavy (non-hydrogen) atoms. The smallest absolute Gasteiger partial charge is 0.207 e. The number of methoxy groups -OCH3 is 1. The maximum absolute atomic E-state index is 5.31. The first-order valence-corrected chi connectivity index (χ1v) is 6.26. The van der Waals surface area contributed by atoms with E-state index < -0.39 is 0 Å². The molecule has 0 spiro atoms. The van der Waals surface area contributed by atoms with Crippen molar-refractivity contribution in [2.24, 2.45) is 0 Å². The molecule has 0 unspecified atom stereocenters. The zero-order chi connectivity index (χ0) is 13.0. The first kappa shape index (κ1) is 12.7. The fraction of sp³-hybridized carbons (Fsp3) is 0.154. The molecule has 0 radical (unpaired) electrons. The molecule has 2 rings (SSSR count). The van der Waals surface area contributed by atoms with Gasteiger partial charge in [0.25, 0.3) is 0 Å². The molecule has 1 aromatic heterocycles. The number of imidazole rings is 1. The summed E-state index contributed by atoms with van der Waals surface area (Å²) in [5.74, 6) is 1.53. The van der Waals surface area contributed by atoms with Gasteiger partial charge in [-0.3, -0.25) is 0 Å². The quantitative estimate of drug-likeness (QED) is 0.858. The molecule has 0 aliphatic carbocycles. The van der Waals surface area contributed by atoms with Crippen LogP contribution in [0.3, 0.4) is 0 Å². The van der Waals surface area contributed by atoms with E-state index in [1.54, 1.807) is 13.3 Å². The van der Waals surface area contributed by atoms with Gasteiger partial charge in [-0.1, -0.05) is 22.0 Å². The number of halogens is 1. The number of nitrogens with zero attached hydrogens (tertiary/aromatic N) is 2. The van der Waals surface area contributed by atoms with Crippen LogP contribution in [0.5, 0.6) is 5.75 Å². The lowest BCUT2D eigenvalue weighted by atomic mass is 10.3. The van der Waals surface area contributed by atoms with Gasteiger partial charge in [0.2, 0.25) is 5.95 Å². The van der Waals surface area contributed by atoms with E-state index in [1.807, 2.05) is 35.0 Å². The second-order valence-corrected chi connectivity index (χ2v) is 4.58. The summed E-state index contributed by atoms with van der Waals surface area (Å²) in [6.07, 6.45) is 5.47. The SMILES string of the molecule is C=CCn1ccnc1Nc1cc(Br)ccc1OC. The van der Waals surface area contributed by atoms with Gasteiger partial charge >= 0.3 is 0 Å². The third-order valence-electron chi connectivity index (χ3n) is 2.45. The summed E-state index contributed by atoms with van der Waals surface area (Å²) in [5, 5.41) is 3.25. The Morgan fingerprint density at radius 1 is 1.56 bits per heavy atom. The molecule has 0 amide bonds. The lowest BCUT2D eigenvalue weighted by Crippen LogP contribution is -2.03. The maximum Gasteiger partial charge on any atom is 0.207 e. The van der Waals surface area contributed by atoms with Gasteiger partial charge in [-0.25, -0.2) is 4.98 Å². The number of anilines is 2. The molecular formula is C13H14BrN3O. The average molecular weight is 308 g/mol. The van der Waals surface area contributed by atoms with Gasteiger partial charge < -0.3 is 14.6 Å². The van der Waals surface area contributed by atoms with E-state index in [0.717, 1.165) is 21.9 Å². The number of rotatable bonds is 5. The van der Waals surface area contributed by atoms with E-state index in [-0.39, 0.29) is 0 Å². The third kappa shape index (κ3) is 2.73. The molecule has 0 fully saturated rings. The lowest BCUT2D eigenvalue weighted by molar-refractivity contribution is 0.416. The molecule has 94 valence electrons. The van der Waals surface area contributed by atoms with Gasteiger partial charge in [-0.05, 0) is 18.2 Å². The second kappa shape index (κ2) is 5.73. The molecular weight excluding hydrogens is 294 g/mol. The second-order valence-electron chi connectivity index (χ2n) is 3.66. The van der Waals surface area contributed by atoms with E-state index in [2.05, 4.69) is 32.8 Å². The van der Waals surface area contributed by atoms with Crippen LogP contribution in [-0.4, -0.2) is 16.7 Å². The van der Waals surface area contributed by atoms with Crippen LogP contribution in [0.1, 0.15) is 0 Å². The average Bonchev–Trinajstić information content (AvgIpc) is 2.78. The fourth-order valence-electron chi connectivity index (χ4n) is 1.62. The van der Waals surface area contributed by atoms with Crippen LogP contribution in [0.25, 0.3) is 0 Å². The summed E-state index contributed by atoms with van der Waals surface area (Å²) in [5.41, 5.74) is 0.864. The minimum atomic E-state index is 0.707. The number of benzene rings is 1. The first-order chi connectivity index (χ1) is 8.74. The Morgan fingerprint density at radius 2 is 2.39 bits per heavy atom. The Morgan fingerprint density at radius 3 is 3.11 bits per heavy atom. The number of aromatic nitrogens is 2. The highest BCUT2D eigenvalue weighted by Gasteiger charge is 2.07. The molecule has 1 aromatic carbocycles. The van der Waals surface area contributed by atoms with Crippen LogP contribution in [-0.2, 0) is 6.54 Å². The summed E-state index contributed by atoms with van der Waals surface area (Å²) in [6, 6.07) is 5.78. The van der Waals surface area contributed by atoms with Gasteiger partial charge in [0.15, 0.2) is 0 Å². The van der Waals surface area contributed by atoms with Crippen molar-refractivity contribution >= 4 is 27.6 Å². The van der Waals surface area contributed by atoms with Crippen molar-refractivity contribution in [2.75, 3.05) is 12.4 Å². The Bertz CT molecular complexity index is 551. The third-order valence-corrected chi connectivity index (χ3v) is 2.94. The number of hydrogen-bond donors (Lipinski definition) is 1. The largest absolute Gasteiger partial charge is 0.495 e. The number of nitrogens with one attached hydrogen (secondary N) is 1. The van der Waals surface area contributed by atoms with E-state index in [9.17, 15) is 0 Å². The zero-order valence-electron chi connectivity index (χ0n) is 10.1. The number of hydrogen-bond acceptors (Lipinski definition) is 3. The molecule has 0 aliphatic rings. The van der Waals surface area contributed by atoms with Crippen molar-refractivity contribution in [3.05, 3.63) is 47.7 Å². The monoisotopic (exact) mass is 307 g/mol. The Balaban J connectivity index is 2.30. The summed E-state index contributed by atoms with van der Waals surface area (Å²) < 4.78 is 8.25. The van der Waals surface area contributed by atoms with Crippen molar-refractivity contribution < 1.29 is 4.74 Å². The van der Waals surface area contributed by atoms with Gasteiger partial charge in [-0.2, -0.15) is 0 Å². The predicted molar refractivity (Wildman–Crippen MR) is 76.4 cm³/mol. The normalized spacial score (nSPS) is 10.1. The van der Waals surface area contributed by atoms with E-state index in [0.29, 0.717) is 6.54 Å². The van der Waals surface area contributed by atoms with Crippen LogP contribution in [0.4, 0.5) is 11.6 Å². The minimum absolute atomic E-state index is 0.707. The first-order valence-electron chi connectivity index (χ1n) is 5.47. The van der Waals surface area contributed by atoms with Crippen molar-refractivity contribution in [1.82, 2.24) is 9.55 Å². The van der Waals surface area contributed by atoms with E-state index >= 15 is 0 Å². The van der Waals surface area contributed by atoms with Crippen LogP contribution in [0.15, 0.2) is 47.7 Å². The molecule has 0 bridgehead atoms. The highest BCUT2D eigenvalue weighted by Crippen LogP contribution is 2.30. The summed E-state index contributed by atoms with van der Waals surface area (Å²) >= 11 is 3.44. The zero-order valence-corrected chi connectivity index (χ0v) is 11.6. The van der Waals surface area contributed by atoms with Crippen molar-refractivity contribution in [2.45, 2.75) is 6.54 Å². The lowest BCUT2D eigenvalue weighted by Gasteiger charge is -2.12. The van der Waals surface area contributed by atoms with Gasteiger partial charge in [-0.15, -0.1) is 6.58 Å². The molecule has 0 aliphatic heterocycles. The summed E-state index contributed by atoms with van der Waals surface area (Å²) in [6.45, 7) is 4.43. The molecule has 4 nitrogen and oxygen atoms in total. The maximum atomic E-state index is 5.31. The number of allylic oxidation sites excluding steroid dienone is 1. The highest BCUT2D eigenvalue weighted by atomic mass is 79.9. The van der Waals surface area contributed by atoms with Crippen LogP contribution >= 0.6 is 15.9 Å². The van der Waals surface area contributed by atoms with Gasteiger partial charge in [0, 0.05) is 23.4 Å². The Kier molecular flexibility index (Phi) is 4.04. The minimum Gasteiger partial charge on any atom is -0.495 e. The van der Waals surface area contributed by atoms with Crippen LogP contribution in [0.2, 0.25) is 0 Å². The van der Waals surface area contributed by atoms with E-state index in [1.165, 1.54) is 0 Å². The topological polar surface area (TPSA) is 39.1 Å². The fourth-order valence-corrected chi connectivity index (χ4v) is 1.98. The van der Waals surface area contributed by atoms with Crippen LogP contribution in [0, 0.1) is 0 Å². The molecule has 0 saturated heterocycles. The number of ether oxygens (including phenoxy) is 1. The van der Waals surface area contributed by atoms with Crippen molar-refractivity contribution in [3.63, 3.8) is 0 Å². The highest BCUT2D eigenvalue weighted by molar-refractivity contribution is 9.10. The van der Waals surface area contributed by atoms with Crippen LogP contribution < -0.4 is 10.1 Å². The molecule has 0 atom stereocenters. The van der Waals surface area contributed by atoms with Crippen molar-refractivity contribution in [3.8, 4) is 5.75 Å². The Labute approximate surface area is 114 Å². The van der Waals surface area contributed by atoms with E-state index in [4.69, 9.17) is 4.74 Å². The molecule has 0 saturated carbocycles. The van der Waals surface area contributed by atoms with Crippen molar-refractivity contribution in [1.29, 1.82) is 0 Å². The molecule has 1 N–H and O–H groups in total. The summed E-state index contributed by atoms with van der Waals surface area (Å²) in [4.78, 5) is 4.27. The molecule has 2 aromatic rings. The molecule has 5 heteroatoms.